The van der Waals surface area contributed by atoms with E-state index in [4.69, 9.17) is 10.2 Å². The summed E-state index contributed by atoms with van der Waals surface area (Å²) >= 11 is 0. The number of nitrogens with one attached hydrogen (secondary N) is 2. The summed E-state index contributed by atoms with van der Waals surface area (Å²) in [4.78, 5) is 8.79. The van der Waals surface area contributed by atoms with Crippen LogP contribution in [0.3, 0.4) is 0 Å². The summed E-state index contributed by atoms with van der Waals surface area (Å²) in [5.41, 5.74) is 0. The zero-order chi connectivity index (χ0) is 10.1. The van der Waals surface area contributed by atoms with Crippen molar-refractivity contribution in [2.75, 3.05) is 13.1 Å². The molecular formula is C5H11N3O4S. The Labute approximate surface area is 75.3 Å². The van der Waals surface area contributed by atoms with E-state index in [1.807, 2.05) is 5.32 Å². The quantitative estimate of drug-likeness (QED) is 0.429. The first-order valence-electron chi connectivity index (χ1n) is 3.62. The Kier molecular flexibility index (Phi) is 2.46. The van der Waals surface area contributed by atoms with Crippen molar-refractivity contribution in [3.8, 4) is 0 Å². The zero-order valence-electron chi connectivity index (χ0n) is 6.78. The van der Waals surface area contributed by atoms with Crippen LogP contribution in [0, 0.1) is 0 Å². The molecule has 0 aliphatic carbocycles. The molecule has 1 atom stereocenters. The number of hydrogen-bond donors (Lipinski definition) is 4. The van der Waals surface area contributed by atoms with Crippen LogP contribution in [-0.2, 0) is 10.0 Å². The number of rotatable bonds is 2. The van der Waals surface area contributed by atoms with Gasteiger partial charge in [-0.15, -0.1) is 0 Å². The molecule has 0 unspecified atom stereocenters. The first-order chi connectivity index (χ1) is 5.87. The van der Waals surface area contributed by atoms with Gasteiger partial charge in [-0.1, -0.05) is 0 Å². The Morgan fingerprint density at radius 3 is 2.54 bits per heavy atom. The molecule has 0 aromatic rings. The normalized spacial score (nSPS) is 28.7. The van der Waals surface area contributed by atoms with Crippen molar-refractivity contribution in [3.63, 3.8) is 0 Å². The van der Waals surface area contributed by atoms with E-state index in [0.29, 0.717) is 6.54 Å². The third-order valence-electron chi connectivity index (χ3n) is 2.00. The molecule has 76 valence electrons. The van der Waals surface area contributed by atoms with Crippen molar-refractivity contribution in [2.45, 2.75) is 11.3 Å². The maximum Gasteiger partial charge on any atom is 0.406 e. The molecule has 0 aromatic carbocycles. The summed E-state index contributed by atoms with van der Waals surface area (Å²) in [7, 11) is -3.91. The lowest BCUT2D eigenvalue weighted by molar-refractivity contribution is 0.187. The minimum absolute atomic E-state index is 0.0120. The van der Waals surface area contributed by atoms with Gasteiger partial charge in [-0.3, -0.25) is 5.32 Å². The van der Waals surface area contributed by atoms with Crippen molar-refractivity contribution in [2.24, 2.45) is 5.14 Å². The Morgan fingerprint density at radius 2 is 2.23 bits per heavy atom. The van der Waals surface area contributed by atoms with E-state index in [1.165, 1.54) is 0 Å². The van der Waals surface area contributed by atoms with Gasteiger partial charge in [0.05, 0.1) is 0 Å². The minimum atomic E-state index is -3.91. The molecule has 7 nitrogen and oxygen atoms in total. The van der Waals surface area contributed by atoms with Crippen LogP contribution in [0.2, 0.25) is 0 Å². The average molecular weight is 209 g/mol. The van der Waals surface area contributed by atoms with Crippen LogP contribution in [0.1, 0.15) is 6.42 Å². The summed E-state index contributed by atoms with van der Waals surface area (Å²) in [5, 5.41) is 18.1. The van der Waals surface area contributed by atoms with Crippen LogP contribution in [0.25, 0.3) is 0 Å². The third kappa shape index (κ3) is 1.90. The number of hydrogen-bond acceptors (Lipinski definition) is 4. The number of nitrogens with two attached hydrogens (primary N) is 1. The van der Waals surface area contributed by atoms with Crippen molar-refractivity contribution in [1.82, 2.24) is 10.6 Å². The van der Waals surface area contributed by atoms with Crippen molar-refractivity contribution >= 4 is 16.1 Å². The summed E-state index contributed by atoms with van der Waals surface area (Å²) in [6.45, 7) is 0.439. The van der Waals surface area contributed by atoms with Crippen molar-refractivity contribution in [1.29, 1.82) is 0 Å². The predicted molar refractivity (Wildman–Crippen MR) is 44.5 cm³/mol. The monoisotopic (exact) mass is 209 g/mol. The molecule has 5 N–H and O–H groups in total. The van der Waals surface area contributed by atoms with Crippen molar-refractivity contribution in [3.05, 3.63) is 0 Å². The Morgan fingerprint density at radius 1 is 1.62 bits per heavy atom. The number of sulfonamides is 1. The number of carbonyl (C=O) groups is 1. The van der Waals surface area contributed by atoms with Crippen LogP contribution in [0.5, 0.6) is 0 Å². The Bertz CT molecular complexity index is 306. The fourth-order valence-corrected chi connectivity index (χ4v) is 2.20. The standard InChI is InChI=1S/C5H11N3O4S/c6-13(11,12)5(8-4(9)10)1-2-7-3-5/h7-8H,1-3H2,(H,9,10)(H2,6,11,12)/t5-/m1/s1. The lowest BCUT2D eigenvalue weighted by Gasteiger charge is -2.24. The van der Waals surface area contributed by atoms with Gasteiger partial charge in [0.1, 0.15) is 0 Å². The highest BCUT2D eigenvalue weighted by Gasteiger charge is 2.45. The molecule has 1 fully saturated rings. The van der Waals surface area contributed by atoms with Gasteiger partial charge in [0.15, 0.2) is 4.87 Å². The molecule has 0 saturated carbocycles. The fourth-order valence-electron chi connectivity index (χ4n) is 1.28. The lowest BCUT2D eigenvalue weighted by atomic mass is 10.2. The smallest absolute Gasteiger partial charge is 0.406 e. The maximum atomic E-state index is 11.1. The second kappa shape index (κ2) is 3.13. The molecule has 8 heteroatoms. The Balaban J connectivity index is 2.95. The molecule has 0 radical (unpaired) electrons. The van der Waals surface area contributed by atoms with Gasteiger partial charge < -0.3 is 10.4 Å². The SMILES string of the molecule is NS(=O)(=O)[C@]1(NC(=O)O)CCNC1. The first-order valence-corrected chi connectivity index (χ1v) is 5.16. The van der Waals surface area contributed by atoms with Gasteiger partial charge >= 0.3 is 6.09 Å². The third-order valence-corrected chi connectivity index (χ3v) is 3.54. The summed E-state index contributed by atoms with van der Waals surface area (Å²) in [5.74, 6) is 0. The molecule has 1 aliphatic heterocycles. The summed E-state index contributed by atoms with van der Waals surface area (Å²) < 4.78 is 22.2. The van der Waals surface area contributed by atoms with E-state index >= 15 is 0 Å². The summed E-state index contributed by atoms with van der Waals surface area (Å²) in [6.07, 6.45) is -1.24. The van der Waals surface area contributed by atoms with Crippen LogP contribution < -0.4 is 15.8 Å². The van der Waals surface area contributed by atoms with Gasteiger partial charge in [0.2, 0.25) is 10.0 Å². The number of carboxylic acid groups (broad SMARTS) is 1. The topological polar surface area (TPSA) is 122 Å². The molecule has 1 rings (SSSR count). The van der Waals surface area contributed by atoms with E-state index in [-0.39, 0.29) is 13.0 Å². The lowest BCUT2D eigenvalue weighted by Crippen LogP contribution is -2.58. The van der Waals surface area contributed by atoms with Crippen LogP contribution in [0.4, 0.5) is 4.79 Å². The maximum absolute atomic E-state index is 11.1. The highest BCUT2D eigenvalue weighted by atomic mass is 32.2. The van der Waals surface area contributed by atoms with E-state index in [1.54, 1.807) is 0 Å². The number of amides is 1. The highest BCUT2D eigenvalue weighted by Crippen LogP contribution is 2.19. The summed E-state index contributed by atoms with van der Waals surface area (Å²) in [6, 6.07) is 0. The molecule has 1 aliphatic rings. The van der Waals surface area contributed by atoms with E-state index in [9.17, 15) is 13.2 Å². The van der Waals surface area contributed by atoms with E-state index in [2.05, 4.69) is 5.32 Å². The van der Waals surface area contributed by atoms with Gasteiger partial charge in [-0.25, -0.2) is 18.4 Å². The highest BCUT2D eigenvalue weighted by molar-refractivity contribution is 7.90. The van der Waals surface area contributed by atoms with Gasteiger partial charge in [0.25, 0.3) is 0 Å². The molecule has 0 spiro atoms. The zero-order valence-corrected chi connectivity index (χ0v) is 7.60. The fraction of sp³-hybridized carbons (Fsp3) is 0.800. The van der Waals surface area contributed by atoms with Crippen LogP contribution in [0.15, 0.2) is 0 Å². The van der Waals surface area contributed by atoms with Gasteiger partial charge in [0, 0.05) is 13.0 Å². The van der Waals surface area contributed by atoms with Crippen LogP contribution in [-0.4, -0.2) is 37.6 Å². The molecular weight excluding hydrogens is 198 g/mol. The predicted octanol–water partition coefficient (Wildman–Crippen LogP) is -1.77. The molecule has 0 aromatic heterocycles. The molecule has 1 heterocycles. The molecule has 1 saturated heterocycles. The first kappa shape index (κ1) is 10.2. The minimum Gasteiger partial charge on any atom is -0.465 e. The van der Waals surface area contributed by atoms with Crippen LogP contribution >= 0.6 is 0 Å². The number of primary sulfonamides is 1. The Hall–Kier alpha value is -0.860. The van der Waals surface area contributed by atoms with Gasteiger partial charge in [-0.2, -0.15) is 0 Å². The second-order valence-corrected chi connectivity index (χ2v) is 4.77. The second-order valence-electron chi connectivity index (χ2n) is 2.90. The molecule has 0 bridgehead atoms. The van der Waals surface area contributed by atoms with E-state index < -0.39 is 21.0 Å². The molecule has 13 heavy (non-hydrogen) atoms. The van der Waals surface area contributed by atoms with Crippen molar-refractivity contribution < 1.29 is 18.3 Å². The van der Waals surface area contributed by atoms with Gasteiger partial charge in [-0.05, 0) is 6.54 Å². The molecule has 1 amide bonds. The van der Waals surface area contributed by atoms with E-state index in [0.717, 1.165) is 0 Å². The average Bonchev–Trinajstić information content (AvgIpc) is 2.33. The largest absolute Gasteiger partial charge is 0.465 e.